The fourth-order valence-corrected chi connectivity index (χ4v) is 2.74. The standard InChI is InChI=1S/C15H20ClNO3/c1-20-15(19)12-3-2-8-17(9-12)10-14(18)11-4-6-13(16)7-5-11/h4-7,12,14,18H,2-3,8-10H2,1H3. The van der Waals surface area contributed by atoms with Crippen LogP contribution in [0.2, 0.25) is 5.02 Å². The first-order chi connectivity index (χ1) is 9.60. The van der Waals surface area contributed by atoms with Crippen molar-refractivity contribution in [2.24, 2.45) is 5.92 Å². The van der Waals surface area contributed by atoms with E-state index in [0.29, 0.717) is 18.1 Å². The van der Waals surface area contributed by atoms with Crippen LogP contribution in [0.15, 0.2) is 24.3 Å². The molecule has 0 saturated carbocycles. The molecule has 2 rings (SSSR count). The molecule has 1 aliphatic heterocycles. The van der Waals surface area contributed by atoms with Gasteiger partial charge < -0.3 is 9.84 Å². The van der Waals surface area contributed by atoms with Crippen molar-refractivity contribution in [2.75, 3.05) is 26.7 Å². The van der Waals surface area contributed by atoms with Crippen molar-refractivity contribution in [3.8, 4) is 0 Å². The van der Waals surface area contributed by atoms with Gasteiger partial charge in [0.05, 0.1) is 19.1 Å². The fourth-order valence-electron chi connectivity index (χ4n) is 2.62. The van der Waals surface area contributed by atoms with Crippen LogP contribution in [0.3, 0.4) is 0 Å². The number of rotatable bonds is 4. The summed E-state index contributed by atoms with van der Waals surface area (Å²) in [6, 6.07) is 7.20. The van der Waals surface area contributed by atoms with E-state index in [-0.39, 0.29) is 11.9 Å². The van der Waals surface area contributed by atoms with E-state index in [4.69, 9.17) is 16.3 Å². The molecule has 1 N–H and O–H groups in total. The Balaban J connectivity index is 1.92. The second-order valence-corrected chi connectivity index (χ2v) is 5.63. The minimum Gasteiger partial charge on any atom is -0.469 e. The Bertz CT molecular complexity index is 449. The topological polar surface area (TPSA) is 49.8 Å². The molecule has 0 bridgehead atoms. The minimum atomic E-state index is -0.566. The molecular weight excluding hydrogens is 278 g/mol. The van der Waals surface area contributed by atoms with Gasteiger partial charge in [0.1, 0.15) is 0 Å². The molecule has 0 amide bonds. The van der Waals surface area contributed by atoms with Gasteiger partial charge >= 0.3 is 5.97 Å². The van der Waals surface area contributed by atoms with E-state index in [1.54, 1.807) is 12.1 Å². The van der Waals surface area contributed by atoms with Gasteiger partial charge in [0.25, 0.3) is 0 Å². The Hall–Kier alpha value is -1.10. The summed E-state index contributed by atoms with van der Waals surface area (Å²) in [6.45, 7) is 2.07. The number of benzene rings is 1. The van der Waals surface area contributed by atoms with Crippen LogP contribution in [0.25, 0.3) is 0 Å². The van der Waals surface area contributed by atoms with Gasteiger partial charge in [0.2, 0.25) is 0 Å². The van der Waals surface area contributed by atoms with Crippen molar-refractivity contribution >= 4 is 17.6 Å². The van der Waals surface area contributed by atoms with Crippen LogP contribution < -0.4 is 0 Å². The first-order valence-corrected chi connectivity index (χ1v) is 7.21. The molecule has 1 heterocycles. The van der Waals surface area contributed by atoms with Gasteiger partial charge in [-0.3, -0.25) is 9.69 Å². The lowest BCUT2D eigenvalue weighted by Gasteiger charge is -2.32. The molecule has 1 fully saturated rings. The van der Waals surface area contributed by atoms with Crippen molar-refractivity contribution < 1.29 is 14.6 Å². The molecule has 1 aromatic rings. The van der Waals surface area contributed by atoms with E-state index < -0.39 is 6.10 Å². The second kappa shape index (κ2) is 7.07. The molecule has 20 heavy (non-hydrogen) atoms. The molecule has 5 heteroatoms. The fraction of sp³-hybridized carbons (Fsp3) is 0.533. The first kappa shape index (κ1) is 15.3. The third-order valence-corrected chi connectivity index (χ3v) is 3.98. The van der Waals surface area contributed by atoms with Gasteiger partial charge in [-0.25, -0.2) is 0 Å². The van der Waals surface area contributed by atoms with Crippen LogP contribution >= 0.6 is 11.6 Å². The molecule has 0 radical (unpaired) electrons. The predicted molar refractivity (Wildman–Crippen MR) is 77.6 cm³/mol. The number of hydrogen-bond donors (Lipinski definition) is 1. The van der Waals surface area contributed by atoms with Gasteiger partial charge in [-0.15, -0.1) is 0 Å². The summed E-state index contributed by atoms with van der Waals surface area (Å²) in [4.78, 5) is 13.7. The summed E-state index contributed by atoms with van der Waals surface area (Å²) < 4.78 is 4.80. The lowest BCUT2D eigenvalue weighted by Crippen LogP contribution is -2.41. The number of carbonyl (C=O) groups excluding carboxylic acids is 1. The number of methoxy groups -OCH3 is 1. The molecule has 2 unspecified atom stereocenters. The van der Waals surface area contributed by atoms with E-state index in [9.17, 15) is 9.90 Å². The highest BCUT2D eigenvalue weighted by Gasteiger charge is 2.27. The number of carbonyl (C=O) groups is 1. The van der Waals surface area contributed by atoms with Crippen molar-refractivity contribution in [3.63, 3.8) is 0 Å². The largest absolute Gasteiger partial charge is 0.469 e. The van der Waals surface area contributed by atoms with Crippen LogP contribution in [0.4, 0.5) is 0 Å². The average Bonchev–Trinajstić information content (AvgIpc) is 2.47. The quantitative estimate of drug-likeness (QED) is 0.866. The zero-order valence-electron chi connectivity index (χ0n) is 11.6. The maximum atomic E-state index is 11.6. The van der Waals surface area contributed by atoms with Crippen LogP contribution in [0.1, 0.15) is 24.5 Å². The van der Waals surface area contributed by atoms with Gasteiger partial charge in [0.15, 0.2) is 0 Å². The van der Waals surface area contributed by atoms with E-state index in [2.05, 4.69) is 4.90 Å². The van der Waals surface area contributed by atoms with Crippen LogP contribution in [-0.4, -0.2) is 42.7 Å². The normalized spacial score (nSPS) is 21.4. The third-order valence-electron chi connectivity index (χ3n) is 3.73. The molecule has 110 valence electrons. The number of hydrogen-bond acceptors (Lipinski definition) is 4. The molecule has 1 saturated heterocycles. The molecule has 4 nitrogen and oxygen atoms in total. The van der Waals surface area contributed by atoms with E-state index in [0.717, 1.165) is 24.9 Å². The Labute approximate surface area is 124 Å². The lowest BCUT2D eigenvalue weighted by atomic mass is 9.97. The molecule has 0 aromatic heterocycles. The zero-order chi connectivity index (χ0) is 14.5. The van der Waals surface area contributed by atoms with Gasteiger partial charge in [0, 0.05) is 18.1 Å². The summed E-state index contributed by atoms with van der Waals surface area (Å²) >= 11 is 5.83. The zero-order valence-corrected chi connectivity index (χ0v) is 12.3. The van der Waals surface area contributed by atoms with Crippen molar-refractivity contribution in [1.29, 1.82) is 0 Å². The molecule has 0 aliphatic carbocycles. The number of nitrogens with zero attached hydrogens (tertiary/aromatic N) is 1. The van der Waals surface area contributed by atoms with Gasteiger partial charge in [-0.05, 0) is 37.1 Å². The van der Waals surface area contributed by atoms with Crippen molar-refractivity contribution in [1.82, 2.24) is 4.90 Å². The lowest BCUT2D eigenvalue weighted by molar-refractivity contribution is -0.147. The summed E-state index contributed by atoms with van der Waals surface area (Å²) in [5.74, 6) is -0.234. The van der Waals surface area contributed by atoms with Crippen LogP contribution in [-0.2, 0) is 9.53 Å². The molecular formula is C15H20ClNO3. The van der Waals surface area contributed by atoms with E-state index in [1.807, 2.05) is 12.1 Å². The van der Waals surface area contributed by atoms with Crippen LogP contribution in [0.5, 0.6) is 0 Å². The maximum absolute atomic E-state index is 11.6. The number of esters is 1. The van der Waals surface area contributed by atoms with E-state index in [1.165, 1.54) is 7.11 Å². The minimum absolute atomic E-state index is 0.0776. The molecule has 2 atom stereocenters. The number of aliphatic hydroxyl groups is 1. The van der Waals surface area contributed by atoms with Crippen molar-refractivity contribution in [2.45, 2.75) is 18.9 Å². The number of piperidine rings is 1. The Morgan fingerprint density at radius 3 is 2.85 bits per heavy atom. The Kier molecular flexibility index (Phi) is 5.40. The highest BCUT2D eigenvalue weighted by atomic mass is 35.5. The Morgan fingerprint density at radius 2 is 2.20 bits per heavy atom. The predicted octanol–water partition coefficient (Wildman–Crippen LogP) is 2.26. The molecule has 1 aromatic carbocycles. The number of aliphatic hydroxyl groups excluding tert-OH is 1. The van der Waals surface area contributed by atoms with Gasteiger partial charge in [-0.2, -0.15) is 0 Å². The number of β-amino-alcohol motifs (C(OH)–C–C–N with tert-alkyl or cyclic N) is 1. The van der Waals surface area contributed by atoms with Crippen molar-refractivity contribution in [3.05, 3.63) is 34.9 Å². The van der Waals surface area contributed by atoms with Crippen LogP contribution in [0, 0.1) is 5.92 Å². The smallest absolute Gasteiger partial charge is 0.309 e. The second-order valence-electron chi connectivity index (χ2n) is 5.19. The monoisotopic (exact) mass is 297 g/mol. The number of ether oxygens (including phenoxy) is 1. The summed E-state index contributed by atoms with van der Waals surface area (Å²) in [5, 5.41) is 10.9. The first-order valence-electron chi connectivity index (χ1n) is 6.84. The highest BCUT2D eigenvalue weighted by molar-refractivity contribution is 6.30. The summed E-state index contributed by atoms with van der Waals surface area (Å²) in [6.07, 6.45) is 1.25. The molecule has 0 spiro atoms. The maximum Gasteiger partial charge on any atom is 0.309 e. The third kappa shape index (κ3) is 3.95. The highest BCUT2D eigenvalue weighted by Crippen LogP contribution is 2.22. The number of halogens is 1. The van der Waals surface area contributed by atoms with Gasteiger partial charge in [-0.1, -0.05) is 23.7 Å². The molecule has 1 aliphatic rings. The Morgan fingerprint density at radius 1 is 1.50 bits per heavy atom. The summed E-state index contributed by atoms with van der Waals surface area (Å²) in [5.41, 5.74) is 0.842. The average molecular weight is 298 g/mol. The number of likely N-dealkylation sites (tertiary alicyclic amines) is 1. The SMILES string of the molecule is COC(=O)C1CCCN(CC(O)c2ccc(Cl)cc2)C1. The van der Waals surface area contributed by atoms with E-state index >= 15 is 0 Å². The summed E-state index contributed by atoms with van der Waals surface area (Å²) in [7, 11) is 1.42.